The summed E-state index contributed by atoms with van der Waals surface area (Å²) in [5, 5.41) is 0. The van der Waals surface area contributed by atoms with E-state index in [1.165, 1.54) is 12.0 Å². The third kappa shape index (κ3) is 0.965. The molecule has 0 aromatic carbocycles. The van der Waals surface area contributed by atoms with Gasteiger partial charge in [-0.3, -0.25) is 4.79 Å². The summed E-state index contributed by atoms with van der Waals surface area (Å²) < 4.78 is 0. The van der Waals surface area contributed by atoms with Crippen LogP contribution in [0.25, 0.3) is 0 Å². The monoisotopic (exact) mass is 202 g/mol. The molecular weight excluding hydrogens is 184 g/mol. The van der Waals surface area contributed by atoms with Crippen LogP contribution in [0.1, 0.15) is 27.2 Å². The molecule has 4 aliphatic carbocycles. The van der Waals surface area contributed by atoms with Gasteiger partial charge in [0.25, 0.3) is 0 Å². The summed E-state index contributed by atoms with van der Waals surface area (Å²) >= 11 is 0. The van der Waals surface area contributed by atoms with Crippen molar-refractivity contribution < 1.29 is 4.79 Å². The first-order valence-corrected chi connectivity index (χ1v) is 5.93. The van der Waals surface area contributed by atoms with Gasteiger partial charge in [0.2, 0.25) is 0 Å². The highest BCUT2D eigenvalue weighted by atomic mass is 16.1. The zero-order valence-corrected chi connectivity index (χ0v) is 9.66. The van der Waals surface area contributed by atoms with Gasteiger partial charge >= 0.3 is 0 Å². The minimum Gasteiger partial charge on any atom is -0.298 e. The minimum atomic E-state index is -0.128. The Hall–Kier alpha value is -0.850. The third-order valence-electron chi connectivity index (χ3n) is 4.75. The van der Waals surface area contributed by atoms with Crippen LogP contribution in [-0.2, 0) is 4.79 Å². The average Bonchev–Trinajstić information content (AvgIpc) is 2.61. The number of rotatable bonds is 0. The van der Waals surface area contributed by atoms with Crippen LogP contribution in [0.4, 0.5) is 0 Å². The van der Waals surface area contributed by atoms with Gasteiger partial charge < -0.3 is 0 Å². The van der Waals surface area contributed by atoms with Crippen LogP contribution in [0.3, 0.4) is 0 Å². The van der Waals surface area contributed by atoms with Crippen molar-refractivity contribution in [3.05, 3.63) is 23.8 Å². The van der Waals surface area contributed by atoms with Gasteiger partial charge in [0.1, 0.15) is 5.78 Å². The van der Waals surface area contributed by atoms with E-state index in [9.17, 15) is 4.79 Å². The highest BCUT2D eigenvalue weighted by molar-refractivity contribution is 5.91. The maximum absolute atomic E-state index is 12.3. The quantitative estimate of drug-likeness (QED) is 0.552. The minimum absolute atomic E-state index is 0.128. The normalized spacial score (nSPS) is 45.5. The molecule has 15 heavy (non-hydrogen) atoms. The first-order valence-electron chi connectivity index (χ1n) is 5.93. The van der Waals surface area contributed by atoms with Crippen LogP contribution in [0.5, 0.6) is 0 Å². The maximum atomic E-state index is 12.3. The second kappa shape index (κ2) is 2.63. The van der Waals surface area contributed by atoms with Crippen molar-refractivity contribution in [3.8, 4) is 0 Å². The number of allylic oxidation sites excluding steroid dienone is 4. The van der Waals surface area contributed by atoms with Crippen LogP contribution < -0.4 is 0 Å². The van der Waals surface area contributed by atoms with Gasteiger partial charge in [-0.25, -0.2) is 0 Å². The van der Waals surface area contributed by atoms with Crippen molar-refractivity contribution in [2.45, 2.75) is 27.2 Å². The Kier molecular flexibility index (Phi) is 1.65. The number of hydrogen-bond donors (Lipinski definition) is 0. The van der Waals surface area contributed by atoms with E-state index < -0.39 is 0 Å². The Morgan fingerprint density at radius 3 is 2.87 bits per heavy atom. The largest absolute Gasteiger partial charge is 0.298 e. The van der Waals surface area contributed by atoms with E-state index in [-0.39, 0.29) is 11.3 Å². The molecule has 0 unspecified atom stereocenters. The first-order chi connectivity index (χ1) is 7.03. The molecule has 0 aliphatic heterocycles. The van der Waals surface area contributed by atoms with Crippen molar-refractivity contribution in [1.82, 2.24) is 0 Å². The molecule has 2 bridgehead atoms. The molecule has 1 saturated carbocycles. The molecule has 4 atom stereocenters. The molecule has 4 aliphatic rings. The summed E-state index contributed by atoms with van der Waals surface area (Å²) in [4.78, 5) is 12.3. The van der Waals surface area contributed by atoms with Gasteiger partial charge in [0.05, 0.1) is 0 Å². The average molecular weight is 202 g/mol. The summed E-state index contributed by atoms with van der Waals surface area (Å²) in [5.41, 5.74) is 1.33. The van der Waals surface area contributed by atoms with E-state index in [0.717, 1.165) is 0 Å². The lowest BCUT2D eigenvalue weighted by Gasteiger charge is -2.52. The fourth-order valence-electron chi connectivity index (χ4n) is 4.21. The Balaban J connectivity index is 2.15. The smallest absolute Gasteiger partial charge is 0.146 e. The van der Waals surface area contributed by atoms with Crippen LogP contribution in [0.15, 0.2) is 23.8 Å². The van der Waals surface area contributed by atoms with E-state index >= 15 is 0 Å². The Bertz CT molecular complexity index is 386. The topological polar surface area (TPSA) is 17.1 Å². The fraction of sp³-hybridized carbons (Fsp3) is 0.643. The maximum Gasteiger partial charge on any atom is 0.146 e. The van der Waals surface area contributed by atoms with Gasteiger partial charge in [-0.1, -0.05) is 37.6 Å². The number of hydrogen-bond acceptors (Lipinski definition) is 1. The molecule has 0 heterocycles. The highest BCUT2D eigenvalue weighted by Gasteiger charge is 2.56. The Morgan fingerprint density at radius 2 is 2.13 bits per heavy atom. The molecule has 80 valence electrons. The molecule has 4 rings (SSSR count). The van der Waals surface area contributed by atoms with Gasteiger partial charge in [0, 0.05) is 11.3 Å². The predicted molar refractivity (Wildman–Crippen MR) is 60.3 cm³/mol. The van der Waals surface area contributed by atoms with Crippen LogP contribution in [-0.4, -0.2) is 5.78 Å². The van der Waals surface area contributed by atoms with Crippen LogP contribution in [0, 0.1) is 29.1 Å². The highest BCUT2D eigenvalue weighted by Crippen LogP contribution is 2.57. The zero-order chi connectivity index (χ0) is 10.8. The second-order valence-electron chi connectivity index (χ2n) is 5.91. The lowest BCUT2D eigenvalue weighted by molar-refractivity contribution is -0.141. The summed E-state index contributed by atoms with van der Waals surface area (Å²) in [6.07, 6.45) is 7.96. The predicted octanol–water partition coefficient (Wildman–Crippen LogP) is 2.98. The molecule has 1 heteroatoms. The second-order valence-corrected chi connectivity index (χ2v) is 5.91. The lowest BCUT2D eigenvalue weighted by Crippen LogP contribution is -2.53. The Morgan fingerprint density at radius 1 is 1.40 bits per heavy atom. The summed E-state index contributed by atoms with van der Waals surface area (Å²) in [7, 11) is 0. The standard InChI is InChI=1S/C14H18O/c1-8-7-11-9-5-4-6-10(9)12(8)14(2,3)13(11)15/h4-5,7,9-12H,6H2,1-3H3/t9-,10+,11-,12+/m1/s1. The molecule has 0 aromatic rings. The molecular formula is C14H18O. The van der Waals surface area contributed by atoms with E-state index in [0.29, 0.717) is 23.5 Å². The molecule has 0 saturated heterocycles. The van der Waals surface area contributed by atoms with Crippen molar-refractivity contribution in [1.29, 1.82) is 0 Å². The van der Waals surface area contributed by atoms with Crippen molar-refractivity contribution in [3.63, 3.8) is 0 Å². The van der Waals surface area contributed by atoms with Crippen LogP contribution >= 0.6 is 0 Å². The number of Topliss-reactive ketones (excluding diaryl/α,β-unsaturated/α-hetero) is 1. The first kappa shape index (κ1) is 9.38. The molecule has 0 spiro atoms. The molecule has 0 aromatic heterocycles. The number of ketones is 1. The van der Waals surface area contributed by atoms with Gasteiger partial charge in [-0.05, 0) is 31.1 Å². The van der Waals surface area contributed by atoms with Crippen LogP contribution in [0.2, 0.25) is 0 Å². The molecule has 1 fully saturated rings. The van der Waals surface area contributed by atoms with Gasteiger partial charge in [-0.2, -0.15) is 0 Å². The van der Waals surface area contributed by atoms with E-state index in [4.69, 9.17) is 0 Å². The van der Waals surface area contributed by atoms with E-state index in [2.05, 4.69) is 39.0 Å². The van der Waals surface area contributed by atoms with Gasteiger partial charge in [0.15, 0.2) is 0 Å². The zero-order valence-electron chi connectivity index (χ0n) is 9.66. The lowest BCUT2D eigenvalue weighted by atomic mass is 9.50. The number of carbonyl (C=O) groups is 1. The van der Waals surface area contributed by atoms with Crippen molar-refractivity contribution in [2.24, 2.45) is 29.1 Å². The van der Waals surface area contributed by atoms with Gasteiger partial charge in [-0.15, -0.1) is 0 Å². The number of fused-ring (bicyclic) bond motifs is 1. The van der Waals surface area contributed by atoms with E-state index in [1.807, 2.05) is 0 Å². The summed E-state index contributed by atoms with van der Waals surface area (Å²) in [6.45, 7) is 6.48. The SMILES string of the molecule is CC1=C[C@H]2C(=O)C(C)(C)[C@@H]1[C@H]1CC=C[C@H]12. The fourth-order valence-corrected chi connectivity index (χ4v) is 4.21. The number of carbonyl (C=O) groups excluding carboxylic acids is 1. The van der Waals surface area contributed by atoms with Crippen molar-refractivity contribution >= 4 is 5.78 Å². The Labute approximate surface area is 91.2 Å². The van der Waals surface area contributed by atoms with E-state index in [1.54, 1.807) is 0 Å². The summed E-state index contributed by atoms with van der Waals surface area (Å²) in [6, 6.07) is 0. The molecule has 1 nitrogen and oxygen atoms in total. The molecule has 0 radical (unpaired) electrons. The van der Waals surface area contributed by atoms with Crippen molar-refractivity contribution in [2.75, 3.05) is 0 Å². The third-order valence-corrected chi connectivity index (χ3v) is 4.75. The molecule has 0 N–H and O–H groups in total. The summed E-state index contributed by atoms with van der Waals surface area (Å²) in [5.74, 6) is 2.33. The molecule has 0 amide bonds.